The molecule has 4 heavy (non-hydrogen) atoms. The van der Waals surface area contributed by atoms with E-state index in [1.807, 2.05) is 0 Å². The molecule has 0 spiro atoms. The molecule has 0 rings (SSSR count). The van der Waals surface area contributed by atoms with E-state index in [9.17, 15) is 4.57 Å². The normalized spacial score (nSPS) is 11.8. The molecule has 0 aromatic carbocycles. The molecular weight excluding hydrogens is 89.1 g/mol. The Bertz CT molecular complexity index is 31.0. The van der Waals surface area contributed by atoms with E-state index < -0.39 is 7.50 Å². The Morgan fingerprint density at radius 3 is 2.00 bits per heavy atom. The summed E-state index contributed by atoms with van der Waals surface area (Å²) >= 11 is 0. The van der Waals surface area contributed by atoms with Crippen LogP contribution in [0.1, 0.15) is 0 Å². The zero-order valence-electron chi connectivity index (χ0n) is 2.43. The topological polar surface area (TPSA) is 43.1 Å². The first-order chi connectivity index (χ1) is 1.73. The SMILES string of the molecule is N[P+](=O)[SiH3]. The van der Waals surface area contributed by atoms with E-state index in [4.69, 9.17) is 0 Å². The second-order valence-corrected chi connectivity index (χ2v) is 4.28. The molecule has 1 unspecified atom stereocenters. The Kier molecular flexibility index (Phi) is 1.69. The van der Waals surface area contributed by atoms with Gasteiger partial charge < -0.3 is 0 Å². The Morgan fingerprint density at radius 1 is 2.00 bits per heavy atom. The molecule has 0 fully saturated rings. The lowest BCUT2D eigenvalue weighted by Gasteiger charge is -1.40. The Labute approximate surface area is 28.5 Å². The van der Waals surface area contributed by atoms with Crippen molar-refractivity contribution in [3.8, 4) is 0 Å². The van der Waals surface area contributed by atoms with Gasteiger partial charge in [0.05, 0.1) is 0 Å². The van der Waals surface area contributed by atoms with Gasteiger partial charge in [0, 0.05) is 0 Å². The largest absolute Gasteiger partial charge is 0.346 e. The van der Waals surface area contributed by atoms with Crippen molar-refractivity contribution in [1.82, 2.24) is 0 Å². The highest BCUT2D eigenvalue weighted by Gasteiger charge is 1.80. The van der Waals surface area contributed by atoms with Crippen molar-refractivity contribution in [1.29, 1.82) is 0 Å². The third kappa shape index (κ3) is 48.4. The van der Waals surface area contributed by atoms with E-state index in [1.165, 1.54) is 0 Å². The maximum atomic E-state index is 9.43. The van der Waals surface area contributed by atoms with Gasteiger partial charge in [-0.1, -0.05) is 4.57 Å². The van der Waals surface area contributed by atoms with E-state index >= 15 is 0 Å². The quantitative estimate of drug-likeness (QED) is 0.308. The van der Waals surface area contributed by atoms with Crippen LogP contribution < -0.4 is 5.50 Å². The van der Waals surface area contributed by atoms with Gasteiger partial charge in [0.25, 0.3) is 0 Å². The zero-order chi connectivity index (χ0) is 3.58. The summed E-state index contributed by atoms with van der Waals surface area (Å²) in [5, 5.41) is 0. The van der Waals surface area contributed by atoms with Gasteiger partial charge in [-0.3, -0.25) is 0 Å². The number of nitrogens with two attached hydrogens (primary N) is 1. The minimum Gasteiger partial charge on any atom is -0.137 e. The summed E-state index contributed by atoms with van der Waals surface area (Å²) in [7, 11) is -0.596. The number of hydrogen-bond acceptors (Lipinski definition) is 1. The molecule has 4 heteroatoms. The Balaban J connectivity index is 2.80. The molecule has 0 saturated heterocycles. The van der Waals surface area contributed by atoms with Crippen LogP contribution >= 0.6 is 7.50 Å². The molecule has 2 nitrogen and oxygen atoms in total. The standard InChI is InChI=1S/H5NOPSi/c1-3(2)4/h4H3,(H2,1,2)/q+1. The lowest BCUT2D eigenvalue weighted by Crippen LogP contribution is -1.69. The molecule has 0 saturated carbocycles. The average molecular weight is 94.1 g/mol. The van der Waals surface area contributed by atoms with Crippen LogP contribution in [0.3, 0.4) is 0 Å². The molecule has 0 bridgehead atoms. The average Bonchev–Trinajstić information content (AvgIpc) is 0.811. The summed E-state index contributed by atoms with van der Waals surface area (Å²) in [4.78, 5) is 0. The van der Waals surface area contributed by atoms with Gasteiger partial charge in [0.1, 0.15) is 0 Å². The lowest BCUT2D eigenvalue weighted by molar-refractivity contribution is 0.596. The first-order valence-corrected chi connectivity index (χ1v) is 5.35. The Hall–Kier alpha value is 0.277. The smallest absolute Gasteiger partial charge is 0.137 e. The first-order valence-electron chi connectivity index (χ1n) is 0.888. The van der Waals surface area contributed by atoms with E-state index in [2.05, 4.69) is 5.50 Å². The van der Waals surface area contributed by atoms with Crippen LogP contribution in [0.25, 0.3) is 0 Å². The van der Waals surface area contributed by atoms with Crippen molar-refractivity contribution in [3.05, 3.63) is 0 Å². The van der Waals surface area contributed by atoms with Gasteiger partial charge in [-0.15, -0.1) is 5.50 Å². The molecular formula is H5NOPSi+. The van der Waals surface area contributed by atoms with Gasteiger partial charge >= 0.3 is 17.4 Å². The molecule has 0 radical (unpaired) electrons. The second kappa shape index (κ2) is 1.58. The summed E-state index contributed by atoms with van der Waals surface area (Å²) in [6, 6.07) is 0. The van der Waals surface area contributed by atoms with Crippen LogP contribution in [-0.2, 0) is 4.57 Å². The van der Waals surface area contributed by atoms with Crippen molar-refractivity contribution in [3.63, 3.8) is 0 Å². The monoisotopic (exact) mass is 94.0 g/mol. The van der Waals surface area contributed by atoms with Crippen molar-refractivity contribution in [2.24, 2.45) is 5.50 Å². The van der Waals surface area contributed by atoms with Crippen molar-refractivity contribution < 1.29 is 4.57 Å². The maximum Gasteiger partial charge on any atom is 0.346 e. The molecule has 1 atom stereocenters. The zero-order valence-corrected chi connectivity index (χ0v) is 5.33. The number of hydrogen-bond donors (Lipinski definition) is 1. The fourth-order valence-electron chi connectivity index (χ4n) is 0. The second-order valence-electron chi connectivity index (χ2n) is 0.546. The molecule has 24 valence electrons. The highest BCUT2D eigenvalue weighted by Crippen LogP contribution is 1.89. The van der Waals surface area contributed by atoms with E-state index in [0.717, 1.165) is 0 Å². The molecule has 0 aliphatic heterocycles. The third-order valence-electron chi connectivity index (χ3n) is 0. The van der Waals surface area contributed by atoms with Crippen LogP contribution in [0.15, 0.2) is 0 Å². The predicted molar refractivity (Wildman–Crippen MR) is 21.7 cm³/mol. The molecule has 0 aliphatic rings. The summed E-state index contributed by atoms with van der Waals surface area (Å²) in [6.07, 6.45) is 0. The van der Waals surface area contributed by atoms with Gasteiger partial charge in [-0.25, -0.2) is 0 Å². The predicted octanol–water partition coefficient (Wildman–Crippen LogP) is -1.03. The van der Waals surface area contributed by atoms with Crippen LogP contribution in [0.5, 0.6) is 0 Å². The van der Waals surface area contributed by atoms with Gasteiger partial charge in [-0.05, 0) is 0 Å². The molecule has 2 N–H and O–H groups in total. The summed E-state index contributed by atoms with van der Waals surface area (Å²) in [5.74, 6) is 0. The highest BCUT2D eigenvalue weighted by atomic mass is 31.4. The highest BCUT2D eigenvalue weighted by molar-refractivity contribution is 7.69. The summed E-state index contributed by atoms with van der Waals surface area (Å²) < 4.78 is 9.43. The lowest BCUT2D eigenvalue weighted by atomic mass is 13.9. The number of rotatable bonds is 0. The van der Waals surface area contributed by atoms with Crippen LogP contribution in [0.2, 0.25) is 0 Å². The van der Waals surface area contributed by atoms with E-state index in [-0.39, 0.29) is 0 Å². The Morgan fingerprint density at radius 2 is 2.00 bits per heavy atom. The van der Waals surface area contributed by atoms with Crippen LogP contribution in [-0.4, -0.2) is 9.91 Å². The van der Waals surface area contributed by atoms with Crippen LogP contribution in [0.4, 0.5) is 0 Å². The van der Waals surface area contributed by atoms with Gasteiger partial charge in [-0.2, -0.15) is 0 Å². The summed E-state index contributed by atoms with van der Waals surface area (Å²) in [6.45, 7) is 0. The van der Waals surface area contributed by atoms with Crippen molar-refractivity contribution in [2.75, 3.05) is 0 Å². The van der Waals surface area contributed by atoms with Crippen molar-refractivity contribution >= 4 is 17.4 Å². The molecule has 0 aromatic rings. The minimum absolute atomic E-state index is 0.636. The summed E-state index contributed by atoms with van der Waals surface area (Å²) in [5.41, 5.74) is 4.68. The van der Waals surface area contributed by atoms with Gasteiger partial charge in [0.15, 0.2) is 0 Å². The van der Waals surface area contributed by atoms with E-state index in [0.29, 0.717) is 9.91 Å². The molecule has 0 aliphatic carbocycles. The molecule has 0 amide bonds. The van der Waals surface area contributed by atoms with Gasteiger partial charge in [0.2, 0.25) is 0 Å². The van der Waals surface area contributed by atoms with E-state index in [1.54, 1.807) is 0 Å². The third-order valence-corrected chi connectivity index (χ3v) is 0. The fourth-order valence-corrected chi connectivity index (χ4v) is 0. The van der Waals surface area contributed by atoms with Crippen molar-refractivity contribution in [2.45, 2.75) is 0 Å². The fraction of sp³-hybridized carbons (Fsp3) is 0. The van der Waals surface area contributed by atoms with Crippen LogP contribution in [0, 0.1) is 0 Å². The maximum absolute atomic E-state index is 9.43. The molecule has 0 heterocycles. The minimum atomic E-state index is -1.23. The molecule has 0 aromatic heterocycles. The first kappa shape index (κ1) is 4.28.